The molecule has 2 unspecified atom stereocenters. The number of hydrogen-bond donors (Lipinski definition) is 1. The van der Waals surface area contributed by atoms with Gasteiger partial charge in [-0.1, -0.05) is 18.2 Å². The number of aromatic nitrogens is 2. The van der Waals surface area contributed by atoms with Crippen LogP contribution in [0.3, 0.4) is 0 Å². The molecule has 1 aliphatic heterocycles. The Kier molecular flexibility index (Phi) is 6.68. The van der Waals surface area contributed by atoms with Gasteiger partial charge in [0.15, 0.2) is 0 Å². The normalized spacial score (nSPS) is 15.7. The molecule has 0 bridgehead atoms. The highest BCUT2D eigenvalue weighted by Crippen LogP contribution is 2.36. The van der Waals surface area contributed by atoms with E-state index < -0.39 is 6.04 Å². The third kappa shape index (κ3) is 4.87. The van der Waals surface area contributed by atoms with E-state index in [1.807, 2.05) is 68.1 Å². The second kappa shape index (κ2) is 9.81. The Hall–Kier alpha value is -3.74. The van der Waals surface area contributed by atoms with Crippen molar-refractivity contribution in [1.82, 2.24) is 14.9 Å². The average Bonchev–Trinajstić information content (AvgIpc) is 3.39. The van der Waals surface area contributed by atoms with E-state index in [4.69, 9.17) is 14.2 Å². The van der Waals surface area contributed by atoms with Crippen molar-refractivity contribution in [3.05, 3.63) is 77.4 Å². The number of hydrogen-bond acceptors (Lipinski definition) is 5. The van der Waals surface area contributed by atoms with Crippen molar-refractivity contribution in [2.75, 3.05) is 13.7 Å². The summed E-state index contributed by atoms with van der Waals surface area (Å²) in [6.07, 6.45) is 7.80. The summed E-state index contributed by atoms with van der Waals surface area (Å²) in [6.45, 7) is 4.52. The lowest BCUT2D eigenvalue weighted by Crippen LogP contribution is -2.30. The van der Waals surface area contributed by atoms with Crippen LogP contribution in [0.4, 0.5) is 0 Å². The Morgan fingerprint density at radius 3 is 2.88 bits per heavy atom. The van der Waals surface area contributed by atoms with Crippen LogP contribution >= 0.6 is 0 Å². The van der Waals surface area contributed by atoms with Crippen LogP contribution in [0.15, 0.2) is 54.9 Å². The quantitative estimate of drug-likeness (QED) is 0.527. The van der Waals surface area contributed by atoms with Gasteiger partial charge in [-0.15, -0.1) is 0 Å². The SMILES string of the molecule is CCOc1cc2c(cc1/C=C/C(=O)NC(c1ccccc1OC)c1nccn1C)OC(C)C2. The van der Waals surface area contributed by atoms with Crippen molar-refractivity contribution >= 4 is 12.0 Å². The first kappa shape index (κ1) is 22.5. The molecule has 2 heterocycles. The molecule has 0 aliphatic carbocycles. The van der Waals surface area contributed by atoms with Gasteiger partial charge in [0.2, 0.25) is 5.91 Å². The molecule has 172 valence electrons. The number of nitrogens with one attached hydrogen (secondary N) is 1. The summed E-state index contributed by atoms with van der Waals surface area (Å²) in [6, 6.07) is 11.1. The molecule has 7 nitrogen and oxygen atoms in total. The number of imidazole rings is 1. The van der Waals surface area contributed by atoms with E-state index in [1.165, 1.54) is 6.08 Å². The number of rotatable bonds is 8. The molecule has 0 fully saturated rings. The number of para-hydroxylation sites is 1. The van der Waals surface area contributed by atoms with Gasteiger partial charge in [-0.05, 0) is 38.1 Å². The molecule has 1 aromatic heterocycles. The number of aryl methyl sites for hydroxylation is 1. The van der Waals surface area contributed by atoms with Crippen LogP contribution in [0.2, 0.25) is 0 Å². The van der Waals surface area contributed by atoms with Crippen molar-refractivity contribution in [3.8, 4) is 17.2 Å². The smallest absolute Gasteiger partial charge is 0.244 e. The largest absolute Gasteiger partial charge is 0.496 e. The Morgan fingerprint density at radius 1 is 1.33 bits per heavy atom. The van der Waals surface area contributed by atoms with Crippen molar-refractivity contribution in [1.29, 1.82) is 0 Å². The summed E-state index contributed by atoms with van der Waals surface area (Å²) < 4.78 is 19.1. The molecule has 7 heteroatoms. The number of fused-ring (bicyclic) bond motifs is 1. The highest BCUT2D eigenvalue weighted by molar-refractivity contribution is 5.92. The molecule has 1 N–H and O–H groups in total. The van der Waals surface area contributed by atoms with E-state index >= 15 is 0 Å². The number of benzene rings is 2. The standard InChI is InChI=1S/C26H29N3O4/c1-5-32-22-16-19-14-17(2)33-23(19)15-18(22)10-11-24(30)28-25(26-27-12-13-29(26)3)20-8-6-7-9-21(20)31-4/h6-13,15-17,25H,5,14H2,1-4H3,(H,28,30)/b11-10+. The summed E-state index contributed by atoms with van der Waals surface area (Å²) >= 11 is 0. The molecule has 0 spiro atoms. The van der Waals surface area contributed by atoms with Crippen molar-refractivity contribution in [2.24, 2.45) is 7.05 Å². The maximum Gasteiger partial charge on any atom is 0.244 e. The molecular weight excluding hydrogens is 418 g/mol. The second-order valence-corrected chi connectivity index (χ2v) is 7.98. The first-order valence-corrected chi connectivity index (χ1v) is 11.0. The van der Waals surface area contributed by atoms with Crippen LogP contribution in [0.1, 0.15) is 42.4 Å². The maximum absolute atomic E-state index is 13.0. The summed E-state index contributed by atoms with van der Waals surface area (Å²) in [5.41, 5.74) is 2.75. The minimum atomic E-state index is -0.478. The first-order valence-electron chi connectivity index (χ1n) is 11.0. The van der Waals surface area contributed by atoms with Crippen LogP contribution in [0.25, 0.3) is 6.08 Å². The molecular formula is C26H29N3O4. The summed E-state index contributed by atoms with van der Waals surface area (Å²) in [7, 11) is 3.51. The predicted molar refractivity (Wildman–Crippen MR) is 127 cm³/mol. The fourth-order valence-electron chi connectivity index (χ4n) is 4.06. The topological polar surface area (TPSA) is 74.6 Å². The average molecular weight is 448 g/mol. The summed E-state index contributed by atoms with van der Waals surface area (Å²) in [5.74, 6) is 2.70. The van der Waals surface area contributed by atoms with Crippen LogP contribution < -0.4 is 19.5 Å². The number of carbonyl (C=O) groups excluding carboxylic acids is 1. The van der Waals surface area contributed by atoms with Crippen LogP contribution in [0, 0.1) is 0 Å². The molecule has 0 saturated carbocycles. The van der Waals surface area contributed by atoms with E-state index in [2.05, 4.69) is 10.3 Å². The monoisotopic (exact) mass is 447 g/mol. The molecule has 2 aromatic carbocycles. The maximum atomic E-state index is 13.0. The zero-order chi connectivity index (χ0) is 23.4. The lowest BCUT2D eigenvalue weighted by Gasteiger charge is -2.20. The van der Waals surface area contributed by atoms with Gasteiger partial charge in [-0.3, -0.25) is 4.79 Å². The number of methoxy groups -OCH3 is 1. The van der Waals surface area contributed by atoms with Gasteiger partial charge in [0.25, 0.3) is 0 Å². The predicted octanol–water partition coefficient (Wildman–Crippen LogP) is 4.07. The Bertz CT molecular complexity index is 1170. The molecule has 0 radical (unpaired) electrons. The Labute approximate surface area is 194 Å². The minimum absolute atomic E-state index is 0.136. The van der Waals surface area contributed by atoms with Gasteiger partial charge in [-0.2, -0.15) is 0 Å². The third-order valence-corrected chi connectivity index (χ3v) is 5.60. The molecule has 3 aromatic rings. The van der Waals surface area contributed by atoms with Gasteiger partial charge in [0.05, 0.1) is 13.7 Å². The summed E-state index contributed by atoms with van der Waals surface area (Å²) in [4.78, 5) is 17.5. The minimum Gasteiger partial charge on any atom is -0.496 e. The van der Waals surface area contributed by atoms with E-state index in [9.17, 15) is 4.79 Å². The number of nitrogens with zero attached hydrogens (tertiary/aromatic N) is 2. The van der Waals surface area contributed by atoms with Gasteiger partial charge in [0, 0.05) is 48.6 Å². The fourth-order valence-corrected chi connectivity index (χ4v) is 4.06. The second-order valence-electron chi connectivity index (χ2n) is 7.98. The van der Waals surface area contributed by atoms with E-state index in [0.29, 0.717) is 18.2 Å². The zero-order valence-corrected chi connectivity index (χ0v) is 19.4. The van der Waals surface area contributed by atoms with E-state index in [1.54, 1.807) is 19.4 Å². The van der Waals surface area contributed by atoms with Crippen LogP contribution in [0.5, 0.6) is 17.2 Å². The lowest BCUT2D eigenvalue weighted by molar-refractivity contribution is -0.117. The molecule has 33 heavy (non-hydrogen) atoms. The number of amides is 1. The third-order valence-electron chi connectivity index (χ3n) is 5.60. The van der Waals surface area contributed by atoms with Crippen molar-refractivity contribution in [3.63, 3.8) is 0 Å². The fraction of sp³-hybridized carbons (Fsp3) is 0.308. The van der Waals surface area contributed by atoms with Crippen molar-refractivity contribution in [2.45, 2.75) is 32.4 Å². The molecule has 1 amide bonds. The molecule has 4 rings (SSSR count). The Balaban J connectivity index is 1.61. The van der Waals surface area contributed by atoms with E-state index in [0.717, 1.165) is 34.6 Å². The highest BCUT2D eigenvalue weighted by atomic mass is 16.5. The first-order chi connectivity index (χ1) is 16.0. The van der Waals surface area contributed by atoms with Gasteiger partial charge in [0.1, 0.15) is 35.2 Å². The van der Waals surface area contributed by atoms with E-state index in [-0.39, 0.29) is 12.0 Å². The Morgan fingerprint density at radius 2 is 2.15 bits per heavy atom. The lowest BCUT2D eigenvalue weighted by atomic mass is 10.0. The zero-order valence-electron chi connectivity index (χ0n) is 19.4. The van der Waals surface area contributed by atoms with Crippen molar-refractivity contribution < 1.29 is 19.0 Å². The summed E-state index contributed by atoms with van der Waals surface area (Å²) in [5, 5.41) is 3.07. The molecule has 2 atom stereocenters. The number of carbonyl (C=O) groups is 1. The highest BCUT2D eigenvalue weighted by Gasteiger charge is 2.24. The molecule has 0 saturated heterocycles. The van der Waals surface area contributed by atoms with Crippen LogP contribution in [-0.4, -0.2) is 35.3 Å². The molecule has 1 aliphatic rings. The van der Waals surface area contributed by atoms with Gasteiger partial charge in [-0.25, -0.2) is 4.98 Å². The van der Waals surface area contributed by atoms with Gasteiger partial charge >= 0.3 is 0 Å². The van der Waals surface area contributed by atoms with Gasteiger partial charge < -0.3 is 24.1 Å². The van der Waals surface area contributed by atoms with Crippen LogP contribution in [-0.2, 0) is 18.3 Å². The number of ether oxygens (including phenoxy) is 3.